The second-order valence-corrected chi connectivity index (χ2v) is 6.57. The van der Waals surface area contributed by atoms with Gasteiger partial charge in [0.2, 0.25) is 0 Å². The molecule has 2 atom stereocenters. The lowest BCUT2D eigenvalue weighted by atomic mass is 10.0. The number of nitrogens with zero attached hydrogens (tertiary/aromatic N) is 1. The number of nitrogens with one attached hydrogen (secondary N) is 1. The topological polar surface area (TPSA) is 87.7 Å². The molecule has 0 saturated heterocycles. The average Bonchev–Trinajstić information content (AvgIpc) is 2.97. The van der Waals surface area contributed by atoms with Crippen molar-refractivity contribution in [2.45, 2.75) is 25.3 Å². The molecule has 1 aromatic rings. The molecular weight excluding hydrogens is 318 g/mol. The molecule has 1 fully saturated rings. The van der Waals surface area contributed by atoms with Crippen LogP contribution in [0.1, 0.15) is 29.6 Å². The molecule has 4 N–H and O–H groups in total. The van der Waals surface area contributed by atoms with Gasteiger partial charge < -0.3 is 16.3 Å². The van der Waals surface area contributed by atoms with Gasteiger partial charge in [0.25, 0.3) is 5.91 Å². The lowest BCUT2D eigenvalue weighted by Gasteiger charge is -2.19. The maximum Gasteiger partial charge on any atom is 0.252 e. The van der Waals surface area contributed by atoms with Crippen LogP contribution in [0.25, 0.3) is 0 Å². The number of carbonyl (C=O) groups excluding carboxylic acids is 1. The minimum Gasteiger partial charge on any atom is -0.409 e. The molecule has 1 aliphatic rings. The maximum atomic E-state index is 12.0. The molecule has 1 heterocycles. The summed E-state index contributed by atoms with van der Waals surface area (Å²) in [6.07, 6.45) is 2.67. The number of carbonyl (C=O) groups is 1. The summed E-state index contributed by atoms with van der Waals surface area (Å²) in [6.45, 7) is 0. The first-order chi connectivity index (χ1) is 8.61. The van der Waals surface area contributed by atoms with Gasteiger partial charge in [-0.05, 0) is 34.8 Å². The van der Waals surface area contributed by atoms with Crippen molar-refractivity contribution in [3.63, 3.8) is 0 Å². The lowest BCUT2D eigenvalue weighted by molar-refractivity contribution is 0.0933. The maximum absolute atomic E-state index is 12.0. The Bertz CT molecular complexity index is 475. The van der Waals surface area contributed by atoms with Crippen LogP contribution in [-0.4, -0.2) is 23.0 Å². The Kier molecular flexibility index (Phi) is 4.23. The summed E-state index contributed by atoms with van der Waals surface area (Å²) < 4.78 is 0.923. The molecule has 0 spiro atoms. The van der Waals surface area contributed by atoms with Gasteiger partial charge in [0, 0.05) is 17.3 Å². The molecule has 0 radical (unpaired) electrons. The molecule has 1 aliphatic carbocycles. The van der Waals surface area contributed by atoms with Gasteiger partial charge in [-0.25, -0.2) is 0 Å². The number of nitrogens with two attached hydrogens (primary N) is 1. The highest BCUT2D eigenvalue weighted by Gasteiger charge is 2.32. The molecule has 2 unspecified atom stereocenters. The van der Waals surface area contributed by atoms with Crippen molar-refractivity contribution < 1.29 is 10.0 Å². The number of amides is 1. The Balaban J connectivity index is 2.03. The van der Waals surface area contributed by atoms with Crippen molar-refractivity contribution in [2.75, 3.05) is 0 Å². The van der Waals surface area contributed by atoms with E-state index in [1.54, 1.807) is 11.4 Å². The quantitative estimate of drug-likeness (QED) is 0.343. The van der Waals surface area contributed by atoms with E-state index in [9.17, 15) is 4.79 Å². The van der Waals surface area contributed by atoms with Crippen LogP contribution >= 0.6 is 27.3 Å². The van der Waals surface area contributed by atoms with E-state index in [4.69, 9.17) is 10.9 Å². The van der Waals surface area contributed by atoms with Crippen molar-refractivity contribution >= 4 is 39.0 Å². The number of rotatable bonds is 3. The predicted octanol–water partition coefficient (Wildman–Crippen LogP) is 2.16. The zero-order valence-electron chi connectivity index (χ0n) is 9.60. The summed E-state index contributed by atoms with van der Waals surface area (Å²) in [5.74, 6) is 0.0184. The van der Waals surface area contributed by atoms with Gasteiger partial charge in [-0.3, -0.25) is 4.79 Å². The number of hydrogen-bond acceptors (Lipinski definition) is 4. The van der Waals surface area contributed by atoms with Gasteiger partial charge in [-0.2, -0.15) is 0 Å². The van der Waals surface area contributed by atoms with Crippen LogP contribution in [0.4, 0.5) is 0 Å². The molecule has 0 bridgehead atoms. The molecule has 5 nitrogen and oxygen atoms in total. The zero-order chi connectivity index (χ0) is 13.1. The third-order valence-electron chi connectivity index (χ3n) is 3.16. The van der Waals surface area contributed by atoms with Crippen LogP contribution in [0.5, 0.6) is 0 Å². The normalized spacial score (nSPS) is 24.2. The second-order valence-electron chi connectivity index (χ2n) is 4.28. The van der Waals surface area contributed by atoms with Gasteiger partial charge in [-0.15, -0.1) is 11.3 Å². The van der Waals surface area contributed by atoms with E-state index in [0.29, 0.717) is 5.56 Å². The molecule has 0 aromatic carbocycles. The highest BCUT2D eigenvalue weighted by atomic mass is 79.9. The highest BCUT2D eigenvalue weighted by molar-refractivity contribution is 9.11. The van der Waals surface area contributed by atoms with E-state index in [-0.39, 0.29) is 23.7 Å². The molecule has 98 valence electrons. The molecule has 7 heteroatoms. The molecule has 1 saturated carbocycles. The predicted molar refractivity (Wildman–Crippen MR) is 74.0 cm³/mol. The van der Waals surface area contributed by atoms with Crippen molar-refractivity contribution in [1.82, 2.24) is 5.32 Å². The summed E-state index contributed by atoms with van der Waals surface area (Å²) in [5.41, 5.74) is 6.27. The minimum atomic E-state index is -0.111. The summed E-state index contributed by atoms with van der Waals surface area (Å²) in [7, 11) is 0. The van der Waals surface area contributed by atoms with Gasteiger partial charge in [-0.1, -0.05) is 11.6 Å². The highest BCUT2D eigenvalue weighted by Crippen LogP contribution is 2.27. The molecule has 2 rings (SSSR count). The molecule has 1 amide bonds. The Morgan fingerprint density at radius 3 is 3.00 bits per heavy atom. The number of oxime groups is 1. The summed E-state index contributed by atoms with van der Waals surface area (Å²) >= 11 is 4.80. The van der Waals surface area contributed by atoms with Crippen LogP contribution in [0.2, 0.25) is 0 Å². The fraction of sp³-hybridized carbons (Fsp3) is 0.455. The van der Waals surface area contributed by atoms with Crippen LogP contribution in [-0.2, 0) is 0 Å². The summed E-state index contributed by atoms with van der Waals surface area (Å²) in [4.78, 5) is 12.0. The number of halogens is 1. The van der Waals surface area contributed by atoms with Crippen LogP contribution in [0, 0.1) is 5.92 Å². The number of amidine groups is 1. The molecular formula is C11H14BrN3O2S. The molecule has 18 heavy (non-hydrogen) atoms. The SMILES string of the molecule is NC(=NO)C1CCCC1NC(=O)c1csc(Br)c1. The second kappa shape index (κ2) is 5.71. The number of thiophene rings is 1. The van der Waals surface area contributed by atoms with Crippen molar-refractivity contribution in [1.29, 1.82) is 0 Å². The molecule has 0 aliphatic heterocycles. The monoisotopic (exact) mass is 331 g/mol. The van der Waals surface area contributed by atoms with E-state index in [1.165, 1.54) is 11.3 Å². The fourth-order valence-corrected chi connectivity index (χ4v) is 3.38. The number of hydrogen-bond donors (Lipinski definition) is 3. The Hall–Kier alpha value is -1.08. The van der Waals surface area contributed by atoms with Crippen molar-refractivity contribution in [2.24, 2.45) is 16.8 Å². The average molecular weight is 332 g/mol. The van der Waals surface area contributed by atoms with E-state index < -0.39 is 0 Å². The van der Waals surface area contributed by atoms with E-state index in [0.717, 1.165) is 23.0 Å². The lowest BCUT2D eigenvalue weighted by Crippen LogP contribution is -2.42. The van der Waals surface area contributed by atoms with E-state index >= 15 is 0 Å². The van der Waals surface area contributed by atoms with Crippen molar-refractivity contribution in [3.8, 4) is 0 Å². The van der Waals surface area contributed by atoms with E-state index in [1.807, 2.05) is 0 Å². The van der Waals surface area contributed by atoms with Crippen LogP contribution in [0.3, 0.4) is 0 Å². The van der Waals surface area contributed by atoms with Crippen molar-refractivity contribution in [3.05, 3.63) is 20.8 Å². The van der Waals surface area contributed by atoms with Crippen LogP contribution in [0.15, 0.2) is 20.4 Å². The Morgan fingerprint density at radius 1 is 1.61 bits per heavy atom. The van der Waals surface area contributed by atoms with Gasteiger partial charge >= 0.3 is 0 Å². The minimum absolute atomic E-state index is 0.0490. The third kappa shape index (κ3) is 2.84. The largest absolute Gasteiger partial charge is 0.409 e. The standard InChI is InChI=1S/C11H14BrN3O2S/c12-9-4-6(5-18-9)11(16)14-8-3-1-2-7(8)10(13)15-17/h4-5,7-8,17H,1-3H2,(H2,13,15)(H,14,16). The van der Waals surface area contributed by atoms with Crippen LogP contribution < -0.4 is 11.1 Å². The Morgan fingerprint density at radius 2 is 2.39 bits per heavy atom. The summed E-state index contributed by atoms with van der Waals surface area (Å²) in [5, 5.41) is 16.5. The van der Waals surface area contributed by atoms with E-state index in [2.05, 4.69) is 26.4 Å². The summed E-state index contributed by atoms with van der Waals surface area (Å²) in [6, 6.07) is 1.74. The van der Waals surface area contributed by atoms with Gasteiger partial charge in [0.1, 0.15) is 5.84 Å². The first-order valence-corrected chi connectivity index (χ1v) is 7.31. The smallest absolute Gasteiger partial charge is 0.252 e. The first kappa shape index (κ1) is 13.4. The van der Waals surface area contributed by atoms with Gasteiger partial charge in [0.15, 0.2) is 0 Å². The zero-order valence-corrected chi connectivity index (χ0v) is 12.0. The fourth-order valence-electron chi connectivity index (χ4n) is 2.24. The van der Waals surface area contributed by atoms with Gasteiger partial charge in [0.05, 0.1) is 9.35 Å². The molecule has 1 aromatic heterocycles. The Labute approximate surface area is 117 Å². The first-order valence-electron chi connectivity index (χ1n) is 5.64. The third-order valence-corrected chi connectivity index (χ3v) is 4.66.